The maximum atomic E-state index is 10.7. The van der Waals surface area contributed by atoms with Gasteiger partial charge in [-0.1, -0.05) is 53.7 Å². The Labute approximate surface area is 131 Å². The minimum atomic E-state index is -0.0469. The summed E-state index contributed by atoms with van der Waals surface area (Å²) in [4.78, 5) is 0. The number of aryl methyl sites for hydroxylation is 1. The number of phenolic OH excluding ortho intramolecular Hbond substituents is 1. The van der Waals surface area contributed by atoms with Crippen LogP contribution < -0.4 is 5.32 Å². The molecule has 0 spiro atoms. The largest absolute Gasteiger partial charge is 0.507 e. The summed E-state index contributed by atoms with van der Waals surface area (Å²) in [7, 11) is 2.00. The van der Waals surface area contributed by atoms with E-state index >= 15 is 0 Å². The van der Waals surface area contributed by atoms with Crippen molar-refractivity contribution in [2.75, 3.05) is 7.05 Å². The molecule has 1 aromatic carbocycles. The average Bonchev–Trinajstić information content (AvgIpc) is 2.34. The Kier molecular flexibility index (Phi) is 5.49. The lowest BCUT2D eigenvalue weighted by Crippen LogP contribution is -2.22. The van der Waals surface area contributed by atoms with E-state index in [1.807, 2.05) is 7.05 Å². The molecule has 120 valence electrons. The van der Waals surface area contributed by atoms with Gasteiger partial charge in [-0.2, -0.15) is 0 Å². The van der Waals surface area contributed by atoms with E-state index in [9.17, 15) is 5.11 Å². The second kappa shape index (κ2) is 6.39. The Bertz CT molecular complexity index is 442. The second-order valence-corrected chi connectivity index (χ2v) is 8.27. The zero-order chi connectivity index (χ0) is 16.4. The maximum absolute atomic E-state index is 10.7. The molecule has 0 amide bonds. The summed E-state index contributed by atoms with van der Waals surface area (Å²) in [5.41, 5.74) is 3.34. The molecule has 0 aliphatic heterocycles. The molecule has 1 rings (SSSR count). The zero-order valence-corrected chi connectivity index (χ0v) is 15.1. The van der Waals surface area contributed by atoms with E-state index in [0.717, 1.165) is 24.0 Å². The normalized spacial score (nSPS) is 14.3. The molecule has 2 nitrogen and oxygen atoms in total. The fourth-order valence-electron chi connectivity index (χ4n) is 2.51. The summed E-state index contributed by atoms with van der Waals surface area (Å²) in [6.07, 6.45) is 2.14. The van der Waals surface area contributed by atoms with Crippen LogP contribution in [0.2, 0.25) is 0 Å². The van der Waals surface area contributed by atoms with Gasteiger partial charge in [0.1, 0.15) is 5.75 Å². The van der Waals surface area contributed by atoms with Crippen molar-refractivity contribution in [2.45, 2.75) is 78.2 Å². The number of phenols is 1. The van der Waals surface area contributed by atoms with E-state index in [2.05, 4.69) is 65.9 Å². The van der Waals surface area contributed by atoms with E-state index in [1.165, 1.54) is 5.56 Å². The van der Waals surface area contributed by atoms with Gasteiger partial charge >= 0.3 is 0 Å². The molecular formula is C19H33NO. The number of nitrogens with one attached hydrogen (secondary N) is 1. The molecule has 2 heteroatoms. The van der Waals surface area contributed by atoms with Crippen LogP contribution >= 0.6 is 0 Å². The molecule has 0 aliphatic rings. The molecule has 1 atom stereocenters. The molecular weight excluding hydrogens is 258 g/mol. The first kappa shape index (κ1) is 18.0. The van der Waals surface area contributed by atoms with E-state index in [4.69, 9.17) is 0 Å². The molecule has 0 fully saturated rings. The van der Waals surface area contributed by atoms with Gasteiger partial charge in [0.15, 0.2) is 0 Å². The minimum Gasteiger partial charge on any atom is -0.507 e. The van der Waals surface area contributed by atoms with Gasteiger partial charge < -0.3 is 10.4 Å². The van der Waals surface area contributed by atoms with Gasteiger partial charge in [0.2, 0.25) is 0 Å². The third-order valence-electron chi connectivity index (χ3n) is 4.14. The Hall–Kier alpha value is -1.02. The quantitative estimate of drug-likeness (QED) is 0.854. The summed E-state index contributed by atoms with van der Waals surface area (Å²) in [5.74, 6) is 0.473. The molecule has 21 heavy (non-hydrogen) atoms. The monoisotopic (exact) mass is 291 g/mol. The number of hydrogen-bond acceptors (Lipinski definition) is 2. The first-order valence-electron chi connectivity index (χ1n) is 8.01. The van der Waals surface area contributed by atoms with Crippen molar-refractivity contribution in [1.29, 1.82) is 0 Å². The van der Waals surface area contributed by atoms with Crippen LogP contribution in [0.5, 0.6) is 5.75 Å². The third-order valence-corrected chi connectivity index (χ3v) is 4.14. The van der Waals surface area contributed by atoms with Gasteiger partial charge in [-0.05, 0) is 54.3 Å². The van der Waals surface area contributed by atoms with Crippen LogP contribution in [-0.2, 0) is 17.3 Å². The van der Waals surface area contributed by atoms with Crippen LogP contribution in [0.3, 0.4) is 0 Å². The van der Waals surface area contributed by atoms with Crippen LogP contribution in [-0.4, -0.2) is 18.2 Å². The standard InChI is InChI=1S/C19H33NO/c1-13(20-8)9-10-14-11-15(18(2,3)4)17(21)16(12-14)19(5,6)7/h11-13,20-21H,9-10H2,1-8H3. The molecule has 0 aliphatic carbocycles. The topological polar surface area (TPSA) is 32.3 Å². The SMILES string of the molecule is CNC(C)CCc1cc(C(C)(C)C)c(O)c(C(C)(C)C)c1. The Balaban J connectivity index is 3.27. The highest BCUT2D eigenvalue weighted by Crippen LogP contribution is 2.39. The molecule has 1 unspecified atom stereocenters. The first-order chi connectivity index (χ1) is 9.46. The van der Waals surface area contributed by atoms with Crippen LogP contribution in [0.15, 0.2) is 12.1 Å². The van der Waals surface area contributed by atoms with E-state index in [1.54, 1.807) is 0 Å². The van der Waals surface area contributed by atoms with Gasteiger partial charge in [0, 0.05) is 6.04 Å². The van der Waals surface area contributed by atoms with Gasteiger partial charge in [-0.3, -0.25) is 0 Å². The fourth-order valence-corrected chi connectivity index (χ4v) is 2.51. The Morgan fingerprint density at radius 1 is 1.00 bits per heavy atom. The molecule has 0 radical (unpaired) electrons. The fraction of sp³-hybridized carbons (Fsp3) is 0.684. The Morgan fingerprint density at radius 2 is 1.43 bits per heavy atom. The van der Waals surface area contributed by atoms with Crippen molar-refractivity contribution in [3.63, 3.8) is 0 Å². The van der Waals surface area contributed by atoms with Gasteiger partial charge in [0.05, 0.1) is 0 Å². The molecule has 0 saturated carbocycles. The van der Waals surface area contributed by atoms with Crippen molar-refractivity contribution < 1.29 is 5.11 Å². The third kappa shape index (κ3) is 4.74. The van der Waals surface area contributed by atoms with Crippen molar-refractivity contribution in [1.82, 2.24) is 5.32 Å². The molecule has 0 bridgehead atoms. The lowest BCUT2D eigenvalue weighted by Gasteiger charge is -2.28. The maximum Gasteiger partial charge on any atom is 0.123 e. The average molecular weight is 291 g/mol. The Morgan fingerprint density at radius 3 is 1.76 bits per heavy atom. The van der Waals surface area contributed by atoms with Crippen LogP contribution in [0.25, 0.3) is 0 Å². The minimum absolute atomic E-state index is 0.0469. The molecule has 0 heterocycles. The van der Waals surface area contributed by atoms with E-state index < -0.39 is 0 Å². The second-order valence-electron chi connectivity index (χ2n) is 8.27. The van der Waals surface area contributed by atoms with Gasteiger partial charge in [-0.25, -0.2) is 0 Å². The van der Waals surface area contributed by atoms with Gasteiger partial charge in [-0.15, -0.1) is 0 Å². The number of benzene rings is 1. The van der Waals surface area contributed by atoms with E-state index in [0.29, 0.717) is 11.8 Å². The molecule has 0 aromatic heterocycles. The highest BCUT2D eigenvalue weighted by Gasteiger charge is 2.26. The molecule has 2 N–H and O–H groups in total. The van der Waals surface area contributed by atoms with Gasteiger partial charge in [0.25, 0.3) is 0 Å². The van der Waals surface area contributed by atoms with E-state index in [-0.39, 0.29) is 10.8 Å². The highest BCUT2D eigenvalue weighted by molar-refractivity contribution is 5.49. The molecule has 1 aromatic rings. The lowest BCUT2D eigenvalue weighted by atomic mass is 9.78. The predicted octanol–water partition coefficient (Wildman–Crippen LogP) is 4.53. The smallest absolute Gasteiger partial charge is 0.123 e. The zero-order valence-electron chi connectivity index (χ0n) is 15.1. The van der Waals surface area contributed by atoms with Crippen molar-refractivity contribution in [3.05, 3.63) is 28.8 Å². The summed E-state index contributed by atoms with van der Waals surface area (Å²) in [6.45, 7) is 15.2. The molecule has 0 saturated heterocycles. The van der Waals surface area contributed by atoms with Crippen molar-refractivity contribution in [3.8, 4) is 5.75 Å². The highest BCUT2D eigenvalue weighted by atomic mass is 16.3. The summed E-state index contributed by atoms with van der Waals surface area (Å²) in [6, 6.07) is 4.88. The lowest BCUT2D eigenvalue weighted by molar-refractivity contribution is 0.422. The summed E-state index contributed by atoms with van der Waals surface area (Å²) >= 11 is 0. The number of hydrogen-bond donors (Lipinski definition) is 2. The summed E-state index contributed by atoms with van der Waals surface area (Å²) in [5, 5.41) is 14.0. The first-order valence-corrected chi connectivity index (χ1v) is 8.01. The van der Waals surface area contributed by atoms with Crippen LogP contribution in [0.4, 0.5) is 0 Å². The predicted molar refractivity (Wildman–Crippen MR) is 92.3 cm³/mol. The van der Waals surface area contributed by atoms with Crippen LogP contribution in [0, 0.1) is 0 Å². The summed E-state index contributed by atoms with van der Waals surface area (Å²) < 4.78 is 0. The number of rotatable bonds is 4. The van der Waals surface area contributed by atoms with Crippen LogP contribution in [0.1, 0.15) is 71.6 Å². The number of aromatic hydroxyl groups is 1. The van der Waals surface area contributed by atoms with Crippen molar-refractivity contribution in [2.24, 2.45) is 0 Å². The van der Waals surface area contributed by atoms with Crippen molar-refractivity contribution >= 4 is 0 Å².